The number of benzene rings is 3. The zero-order valence-electron chi connectivity index (χ0n) is 35.0. The summed E-state index contributed by atoms with van der Waals surface area (Å²) in [5.74, 6) is -1.61. The number of non-ortho nitro benzene ring substituents is 2. The van der Waals surface area contributed by atoms with Crippen LogP contribution in [0.1, 0.15) is 58.4 Å². The second-order valence-electron chi connectivity index (χ2n) is 14.9. The van der Waals surface area contributed by atoms with Crippen LogP contribution in [0.15, 0.2) is 88.7 Å². The smallest absolute Gasteiger partial charge is 0.408 e. The van der Waals surface area contributed by atoms with Crippen LogP contribution >= 0.6 is 0 Å². The summed E-state index contributed by atoms with van der Waals surface area (Å²) in [5, 5.41) is 29.9. The van der Waals surface area contributed by atoms with Crippen LogP contribution in [0.2, 0.25) is 0 Å². The van der Waals surface area contributed by atoms with E-state index < -0.39 is 72.0 Å². The number of unbranched alkanes of at least 4 members (excludes halogenated alkanes) is 1. The Labute approximate surface area is 364 Å². The lowest BCUT2D eigenvalue weighted by Crippen LogP contribution is -2.50. The number of sulfonamides is 2. The number of carbonyl (C=O) groups is 4. The highest BCUT2D eigenvalue weighted by Gasteiger charge is 2.29. The number of alkyl carbamates (subject to hydrolysis) is 2. The third kappa shape index (κ3) is 17.2. The van der Waals surface area contributed by atoms with Gasteiger partial charge in [0.2, 0.25) is 31.9 Å². The van der Waals surface area contributed by atoms with Gasteiger partial charge in [0.25, 0.3) is 11.4 Å². The fraction of sp³-hybridized carbons (Fsp3) is 0.436. The Morgan fingerprint density at radius 1 is 0.683 bits per heavy atom. The minimum absolute atomic E-state index is 0.00255. The zero-order chi connectivity index (χ0) is 46.8. The quantitative estimate of drug-likeness (QED) is 0.0537. The van der Waals surface area contributed by atoms with Crippen molar-refractivity contribution in [2.75, 3.05) is 39.3 Å². The predicted molar refractivity (Wildman–Crippen MR) is 227 cm³/mol. The van der Waals surface area contributed by atoms with Gasteiger partial charge in [-0.1, -0.05) is 30.3 Å². The number of nitro benzene ring substituents is 2. The summed E-state index contributed by atoms with van der Waals surface area (Å²) in [6.45, 7) is 4.00. The molecular weight excluding hydrogens is 869 g/mol. The molecule has 0 fully saturated rings. The Balaban J connectivity index is 1.75. The molecule has 4 amide bonds. The number of nitro groups is 2. The van der Waals surface area contributed by atoms with E-state index in [4.69, 9.17) is 15.2 Å². The Kier molecular flexibility index (Phi) is 19.3. The molecule has 3 aromatic rings. The van der Waals surface area contributed by atoms with Gasteiger partial charge in [-0.15, -0.1) is 0 Å². The summed E-state index contributed by atoms with van der Waals surface area (Å²) in [6.07, 6.45) is -1.87. The first kappa shape index (κ1) is 51.1. The SMILES string of the molecule is CC(C)(C)OC(=O)N[C@@H](CC(N)=O)C(=O)NCCCCN(CCCN(CCCNC(=O)OCc1ccccc1)S(=O)(=O)c1ccc([N+](=O)[O-])cc1)S(=O)(=O)c1ccc([N+](=O)[O-])cc1. The van der Waals surface area contributed by atoms with E-state index in [-0.39, 0.29) is 92.7 Å². The van der Waals surface area contributed by atoms with Crippen LogP contribution in [0.5, 0.6) is 0 Å². The van der Waals surface area contributed by atoms with Gasteiger partial charge < -0.3 is 31.2 Å². The Morgan fingerprint density at radius 3 is 1.63 bits per heavy atom. The Bertz CT molecular complexity index is 2260. The van der Waals surface area contributed by atoms with Crippen molar-refractivity contribution < 1.29 is 55.3 Å². The lowest BCUT2D eigenvalue weighted by molar-refractivity contribution is -0.385. The zero-order valence-corrected chi connectivity index (χ0v) is 36.6. The Morgan fingerprint density at radius 2 is 1.16 bits per heavy atom. The molecule has 0 aliphatic rings. The minimum atomic E-state index is -4.34. The maximum absolute atomic E-state index is 13.9. The summed E-state index contributed by atoms with van der Waals surface area (Å²) < 4.78 is 68.1. The van der Waals surface area contributed by atoms with Crippen molar-refractivity contribution in [3.05, 3.63) is 105 Å². The van der Waals surface area contributed by atoms with E-state index in [0.29, 0.717) is 0 Å². The molecule has 3 aromatic carbocycles. The number of amides is 4. The van der Waals surface area contributed by atoms with Crippen molar-refractivity contribution in [2.24, 2.45) is 5.73 Å². The molecule has 0 aromatic heterocycles. The summed E-state index contributed by atoms with van der Waals surface area (Å²) >= 11 is 0. The third-order valence-electron chi connectivity index (χ3n) is 8.80. The van der Waals surface area contributed by atoms with Crippen LogP contribution in [0, 0.1) is 20.2 Å². The van der Waals surface area contributed by atoms with E-state index in [9.17, 15) is 56.2 Å². The van der Waals surface area contributed by atoms with Gasteiger partial charge in [0.15, 0.2) is 0 Å². The molecule has 0 saturated carbocycles. The van der Waals surface area contributed by atoms with Crippen LogP contribution in [-0.2, 0) is 45.7 Å². The van der Waals surface area contributed by atoms with Crippen molar-refractivity contribution in [1.82, 2.24) is 24.6 Å². The lowest BCUT2D eigenvalue weighted by Gasteiger charge is -2.26. The molecule has 22 nitrogen and oxygen atoms in total. The number of hydrogen-bond donors (Lipinski definition) is 4. The molecule has 5 N–H and O–H groups in total. The molecule has 344 valence electrons. The van der Waals surface area contributed by atoms with E-state index in [1.165, 1.54) is 0 Å². The molecule has 0 heterocycles. The fourth-order valence-electron chi connectivity index (χ4n) is 5.73. The standard InChI is InChI=1S/C39H52N8O14S2/c1-39(2,3)61-38(51)43-34(27-35(40)48)36(49)41-21-7-8-23-44(62(56,57)32-17-13-30(14-18-32)46(52)53)25-10-26-45(63(58,59)33-19-15-31(16-20-33)47(54)55)24-9-22-42-37(50)60-28-29-11-5-4-6-12-29/h4-6,11-20,34H,7-10,21-28H2,1-3H3,(H2,40,48)(H,41,49)(H,42,50)(H,43,51)/t34-/m0/s1. The van der Waals surface area contributed by atoms with Crippen molar-refractivity contribution in [1.29, 1.82) is 0 Å². The first-order chi connectivity index (χ1) is 29.6. The van der Waals surface area contributed by atoms with Crippen LogP contribution < -0.4 is 21.7 Å². The van der Waals surface area contributed by atoms with E-state index in [2.05, 4.69) is 16.0 Å². The number of primary amides is 1. The summed E-state index contributed by atoms with van der Waals surface area (Å²) in [6, 6.07) is 16.0. The molecule has 0 saturated heterocycles. The maximum atomic E-state index is 13.9. The largest absolute Gasteiger partial charge is 0.445 e. The number of ether oxygens (including phenoxy) is 2. The van der Waals surface area contributed by atoms with Crippen molar-refractivity contribution in [3.8, 4) is 0 Å². The van der Waals surface area contributed by atoms with E-state index in [1.54, 1.807) is 45.0 Å². The van der Waals surface area contributed by atoms with Crippen LogP contribution in [0.3, 0.4) is 0 Å². The summed E-state index contributed by atoms with van der Waals surface area (Å²) in [5.41, 5.74) is 4.44. The van der Waals surface area contributed by atoms with Gasteiger partial charge in [0, 0.05) is 63.5 Å². The van der Waals surface area contributed by atoms with Gasteiger partial charge in [-0.25, -0.2) is 26.4 Å². The molecule has 0 radical (unpaired) electrons. The molecule has 0 unspecified atom stereocenters. The van der Waals surface area contributed by atoms with E-state index in [1.807, 2.05) is 6.07 Å². The highest BCUT2D eigenvalue weighted by atomic mass is 32.2. The van der Waals surface area contributed by atoms with Crippen molar-refractivity contribution >= 4 is 55.4 Å². The molecule has 1 atom stereocenters. The first-order valence-corrected chi connectivity index (χ1v) is 22.5. The molecule has 0 aliphatic carbocycles. The molecule has 3 rings (SSSR count). The molecule has 0 bridgehead atoms. The molecule has 0 aliphatic heterocycles. The summed E-state index contributed by atoms with van der Waals surface area (Å²) in [4.78, 5) is 69.7. The molecular formula is C39H52N8O14S2. The van der Waals surface area contributed by atoms with Gasteiger partial charge in [-0.05, 0) is 76.3 Å². The maximum Gasteiger partial charge on any atom is 0.408 e. The van der Waals surface area contributed by atoms with Gasteiger partial charge >= 0.3 is 12.2 Å². The van der Waals surface area contributed by atoms with E-state index >= 15 is 0 Å². The second kappa shape index (κ2) is 23.8. The van der Waals surface area contributed by atoms with Gasteiger partial charge in [-0.3, -0.25) is 29.8 Å². The number of rotatable bonds is 25. The fourth-order valence-corrected chi connectivity index (χ4v) is 8.77. The number of carbonyl (C=O) groups excluding carboxylic acids is 4. The number of hydrogen-bond acceptors (Lipinski definition) is 14. The predicted octanol–water partition coefficient (Wildman–Crippen LogP) is 3.56. The Hall–Kier alpha value is -6.24. The third-order valence-corrected chi connectivity index (χ3v) is 12.6. The van der Waals surface area contributed by atoms with Gasteiger partial charge in [0.05, 0.1) is 26.1 Å². The second-order valence-corrected chi connectivity index (χ2v) is 18.7. The van der Waals surface area contributed by atoms with Crippen LogP contribution in [-0.4, -0.2) is 110 Å². The topological polar surface area (TPSA) is 310 Å². The highest BCUT2D eigenvalue weighted by Crippen LogP contribution is 2.23. The van der Waals surface area contributed by atoms with Crippen LogP contribution in [0.4, 0.5) is 21.0 Å². The highest BCUT2D eigenvalue weighted by molar-refractivity contribution is 7.89. The van der Waals surface area contributed by atoms with Crippen molar-refractivity contribution in [3.63, 3.8) is 0 Å². The normalized spacial score (nSPS) is 12.3. The molecule has 63 heavy (non-hydrogen) atoms. The average molecular weight is 921 g/mol. The van der Waals surface area contributed by atoms with E-state index in [0.717, 1.165) is 62.7 Å². The average Bonchev–Trinajstić information content (AvgIpc) is 3.21. The summed E-state index contributed by atoms with van der Waals surface area (Å²) in [7, 11) is -8.66. The first-order valence-electron chi connectivity index (χ1n) is 19.6. The van der Waals surface area contributed by atoms with Gasteiger partial charge in [-0.2, -0.15) is 8.61 Å². The van der Waals surface area contributed by atoms with Gasteiger partial charge in [0.1, 0.15) is 18.2 Å². The molecule has 24 heteroatoms. The number of nitrogens with zero attached hydrogens (tertiary/aromatic N) is 4. The number of nitrogens with two attached hydrogens (primary N) is 1. The number of nitrogens with one attached hydrogen (secondary N) is 3. The lowest BCUT2D eigenvalue weighted by atomic mass is 10.1. The van der Waals surface area contributed by atoms with Crippen LogP contribution in [0.25, 0.3) is 0 Å². The minimum Gasteiger partial charge on any atom is -0.445 e. The molecule has 0 spiro atoms. The van der Waals surface area contributed by atoms with Crippen molar-refractivity contribution in [2.45, 2.75) is 80.9 Å². The monoisotopic (exact) mass is 920 g/mol.